The van der Waals surface area contributed by atoms with Gasteiger partial charge in [0.1, 0.15) is 0 Å². The van der Waals surface area contributed by atoms with E-state index >= 15 is 0 Å². The summed E-state index contributed by atoms with van der Waals surface area (Å²) in [7, 11) is 1.33. The molecule has 1 aliphatic heterocycles. The van der Waals surface area contributed by atoms with Crippen molar-refractivity contribution in [1.29, 1.82) is 0 Å². The minimum Gasteiger partial charge on any atom is -0.464 e. The number of morpholine rings is 1. The Morgan fingerprint density at radius 1 is 1.60 bits per heavy atom. The first-order chi connectivity index (χ1) is 9.58. The van der Waals surface area contributed by atoms with E-state index in [1.54, 1.807) is 10.9 Å². The Balaban J connectivity index is 1.89. The third-order valence-electron chi connectivity index (χ3n) is 3.17. The number of ether oxygens (including phenoxy) is 2. The highest BCUT2D eigenvalue weighted by Crippen LogP contribution is 2.10. The first-order valence-corrected chi connectivity index (χ1v) is 6.91. The van der Waals surface area contributed by atoms with Gasteiger partial charge in [-0.2, -0.15) is 0 Å². The molecule has 0 amide bonds. The average Bonchev–Trinajstić information content (AvgIpc) is 2.86. The van der Waals surface area contributed by atoms with Gasteiger partial charge < -0.3 is 9.47 Å². The van der Waals surface area contributed by atoms with Gasteiger partial charge in [-0.25, -0.2) is 9.48 Å². The van der Waals surface area contributed by atoms with Crippen molar-refractivity contribution in [2.75, 3.05) is 33.4 Å². The van der Waals surface area contributed by atoms with Crippen molar-refractivity contribution in [3.05, 3.63) is 11.9 Å². The third kappa shape index (κ3) is 4.01. The first-order valence-electron chi connectivity index (χ1n) is 6.91. The summed E-state index contributed by atoms with van der Waals surface area (Å²) in [5, 5.41) is 7.72. The van der Waals surface area contributed by atoms with Crippen LogP contribution in [0.4, 0.5) is 0 Å². The predicted octanol–water partition coefficient (Wildman–Crippen LogP) is 0.421. The van der Waals surface area contributed by atoms with E-state index < -0.39 is 5.97 Å². The van der Waals surface area contributed by atoms with Crippen LogP contribution in [0, 0.1) is 5.92 Å². The van der Waals surface area contributed by atoms with Crippen LogP contribution in [0.2, 0.25) is 0 Å². The van der Waals surface area contributed by atoms with E-state index in [-0.39, 0.29) is 11.8 Å². The number of esters is 1. The largest absolute Gasteiger partial charge is 0.464 e. The minimum absolute atomic E-state index is 0.0784. The Hall–Kier alpha value is -1.47. The van der Waals surface area contributed by atoms with E-state index in [4.69, 9.17) is 4.74 Å². The number of hydrogen-bond donors (Lipinski definition) is 0. The van der Waals surface area contributed by atoms with Crippen LogP contribution >= 0.6 is 0 Å². The van der Waals surface area contributed by atoms with Crippen molar-refractivity contribution < 1.29 is 14.3 Å². The zero-order valence-corrected chi connectivity index (χ0v) is 12.3. The first kappa shape index (κ1) is 14.9. The summed E-state index contributed by atoms with van der Waals surface area (Å²) in [6.07, 6.45) is 1.67. The van der Waals surface area contributed by atoms with Crippen LogP contribution in [0.1, 0.15) is 24.3 Å². The predicted molar refractivity (Wildman–Crippen MR) is 72.4 cm³/mol. The molecule has 1 aromatic rings. The summed E-state index contributed by atoms with van der Waals surface area (Å²) in [5.74, 6) is 0.174. The van der Waals surface area contributed by atoms with E-state index in [1.165, 1.54) is 7.11 Å². The normalized spacial score (nSPS) is 20.3. The van der Waals surface area contributed by atoms with Crippen molar-refractivity contribution in [1.82, 2.24) is 19.9 Å². The van der Waals surface area contributed by atoms with Crippen LogP contribution in [-0.2, 0) is 16.0 Å². The molecule has 2 heterocycles. The van der Waals surface area contributed by atoms with Gasteiger partial charge in [0.05, 0.1) is 32.6 Å². The molecule has 0 spiro atoms. The molecule has 1 fully saturated rings. The van der Waals surface area contributed by atoms with Crippen molar-refractivity contribution in [2.45, 2.75) is 26.5 Å². The van der Waals surface area contributed by atoms with Gasteiger partial charge in [0, 0.05) is 19.6 Å². The molecule has 2 rings (SSSR count). The van der Waals surface area contributed by atoms with E-state index in [0.29, 0.717) is 12.5 Å². The summed E-state index contributed by atoms with van der Waals surface area (Å²) in [6.45, 7) is 8.68. The molecule has 0 N–H and O–H groups in total. The van der Waals surface area contributed by atoms with Crippen molar-refractivity contribution in [2.24, 2.45) is 5.92 Å². The topological polar surface area (TPSA) is 69.5 Å². The molecular formula is C13H22N4O3. The Morgan fingerprint density at radius 3 is 3.10 bits per heavy atom. The number of nitrogens with zero attached hydrogens (tertiary/aromatic N) is 4. The Morgan fingerprint density at radius 2 is 2.40 bits per heavy atom. The van der Waals surface area contributed by atoms with Crippen LogP contribution in [0.3, 0.4) is 0 Å². The molecule has 112 valence electrons. The summed E-state index contributed by atoms with van der Waals surface area (Å²) >= 11 is 0. The highest BCUT2D eigenvalue weighted by Gasteiger charge is 2.22. The van der Waals surface area contributed by atoms with E-state index in [1.807, 2.05) is 0 Å². The minimum atomic E-state index is -0.470. The fourth-order valence-corrected chi connectivity index (χ4v) is 2.37. The zero-order chi connectivity index (χ0) is 14.5. The second kappa shape index (κ2) is 6.81. The Kier molecular flexibility index (Phi) is 5.08. The molecule has 1 aromatic heterocycles. The van der Waals surface area contributed by atoms with Crippen LogP contribution in [0.15, 0.2) is 6.20 Å². The molecule has 7 nitrogen and oxygen atoms in total. The highest BCUT2D eigenvalue weighted by atomic mass is 16.5. The molecule has 0 saturated carbocycles. The van der Waals surface area contributed by atoms with Crippen LogP contribution in [0.25, 0.3) is 0 Å². The number of carbonyl (C=O) groups excluding carboxylic acids is 1. The fourth-order valence-electron chi connectivity index (χ4n) is 2.37. The molecule has 1 atom stereocenters. The van der Waals surface area contributed by atoms with Gasteiger partial charge >= 0.3 is 5.97 Å². The van der Waals surface area contributed by atoms with Crippen molar-refractivity contribution >= 4 is 5.97 Å². The van der Waals surface area contributed by atoms with Gasteiger partial charge in [-0.15, -0.1) is 5.10 Å². The number of rotatable bonds is 5. The molecular weight excluding hydrogens is 260 g/mol. The Bertz CT molecular complexity index is 447. The lowest BCUT2D eigenvalue weighted by atomic mass is 10.2. The molecule has 20 heavy (non-hydrogen) atoms. The van der Waals surface area contributed by atoms with E-state index in [2.05, 4.69) is 33.8 Å². The van der Waals surface area contributed by atoms with Crippen LogP contribution in [0.5, 0.6) is 0 Å². The maximum atomic E-state index is 11.3. The third-order valence-corrected chi connectivity index (χ3v) is 3.17. The maximum Gasteiger partial charge on any atom is 0.360 e. The monoisotopic (exact) mass is 282 g/mol. The van der Waals surface area contributed by atoms with Gasteiger partial charge in [-0.1, -0.05) is 19.1 Å². The average molecular weight is 282 g/mol. The van der Waals surface area contributed by atoms with Gasteiger partial charge in [-0.3, -0.25) is 4.90 Å². The standard InChI is InChI=1S/C13H22N4O3/c1-10(2)6-16-4-5-20-11(7-16)8-17-9-12(14-15-17)13(18)19-3/h9-11H,4-8H2,1-3H3. The maximum absolute atomic E-state index is 11.3. The molecule has 1 saturated heterocycles. The molecule has 0 aliphatic carbocycles. The SMILES string of the molecule is COC(=O)c1cn(CC2CN(CC(C)C)CCO2)nn1. The molecule has 0 radical (unpaired) electrons. The van der Waals surface area contributed by atoms with Crippen molar-refractivity contribution in [3.63, 3.8) is 0 Å². The summed E-state index contributed by atoms with van der Waals surface area (Å²) in [5.41, 5.74) is 0.224. The highest BCUT2D eigenvalue weighted by molar-refractivity contribution is 5.86. The quantitative estimate of drug-likeness (QED) is 0.729. The Labute approximate surface area is 118 Å². The summed E-state index contributed by atoms with van der Waals surface area (Å²) < 4.78 is 12.0. The van der Waals surface area contributed by atoms with Crippen LogP contribution in [-0.4, -0.2) is 65.3 Å². The van der Waals surface area contributed by atoms with Gasteiger partial charge in [0.15, 0.2) is 5.69 Å². The van der Waals surface area contributed by atoms with E-state index in [9.17, 15) is 4.79 Å². The van der Waals surface area contributed by atoms with Gasteiger partial charge in [0.2, 0.25) is 0 Å². The molecule has 0 aromatic carbocycles. The number of methoxy groups -OCH3 is 1. The van der Waals surface area contributed by atoms with E-state index in [0.717, 1.165) is 26.2 Å². The van der Waals surface area contributed by atoms with Crippen LogP contribution < -0.4 is 0 Å². The second-order valence-electron chi connectivity index (χ2n) is 5.46. The lowest BCUT2D eigenvalue weighted by molar-refractivity contribution is -0.0406. The van der Waals surface area contributed by atoms with Gasteiger partial charge in [-0.05, 0) is 5.92 Å². The lowest BCUT2D eigenvalue weighted by Crippen LogP contribution is -2.45. The number of hydrogen-bond acceptors (Lipinski definition) is 6. The number of aromatic nitrogens is 3. The molecule has 7 heteroatoms. The van der Waals surface area contributed by atoms with Crippen molar-refractivity contribution in [3.8, 4) is 0 Å². The van der Waals surface area contributed by atoms with Gasteiger partial charge in [0.25, 0.3) is 0 Å². The molecule has 1 unspecified atom stereocenters. The summed E-state index contributed by atoms with van der Waals surface area (Å²) in [6, 6.07) is 0. The lowest BCUT2D eigenvalue weighted by Gasteiger charge is -2.33. The number of carbonyl (C=O) groups is 1. The fraction of sp³-hybridized carbons (Fsp3) is 0.769. The second-order valence-corrected chi connectivity index (χ2v) is 5.46. The summed E-state index contributed by atoms with van der Waals surface area (Å²) in [4.78, 5) is 13.7. The molecule has 1 aliphatic rings. The smallest absolute Gasteiger partial charge is 0.360 e. The molecule has 0 bridgehead atoms. The zero-order valence-electron chi connectivity index (χ0n) is 12.3.